The van der Waals surface area contributed by atoms with Crippen molar-refractivity contribution < 1.29 is 0 Å². The minimum atomic E-state index is 0.181. The van der Waals surface area contributed by atoms with Gasteiger partial charge in [-0.1, -0.05) is 6.42 Å². The van der Waals surface area contributed by atoms with Crippen LogP contribution >= 0.6 is 0 Å². The van der Waals surface area contributed by atoms with Gasteiger partial charge in [-0.15, -0.1) is 0 Å². The number of likely N-dealkylation sites (N-methyl/N-ethyl adjacent to an activating group) is 1. The number of rotatable bonds is 1. The normalized spacial score (nSPS) is 29.4. The van der Waals surface area contributed by atoms with Crippen LogP contribution in [0.15, 0.2) is 0 Å². The molecule has 62 valence electrons. The Morgan fingerprint density at radius 2 is 2.27 bits per heavy atom. The molecular weight excluding hydrogens is 136 g/mol. The summed E-state index contributed by atoms with van der Waals surface area (Å²) in [6.45, 7) is 10.1. The van der Waals surface area contributed by atoms with E-state index < -0.39 is 0 Å². The van der Waals surface area contributed by atoms with Gasteiger partial charge in [0.15, 0.2) is 0 Å². The van der Waals surface area contributed by atoms with Crippen molar-refractivity contribution in [1.29, 1.82) is 0 Å². The first kappa shape index (κ1) is 8.55. The fraction of sp³-hybridized carbons (Fsp3) is 0.889. The van der Waals surface area contributed by atoms with Gasteiger partial charge in [0.2, 0.25) is 6.04 Å². The summed E-state index contributed by atoms with van der Waals surface area (Å²) in [6.07, 6.45) is 3.81. The lowest BCUT2D eigenvalue weighted by Crippen LogP contribution is -2.41. The monoisotopic (exact) mass is 152 g/mol. The second-order valence-corrected chi connectivity index (χ2v) is 3.41. The van der Waals surface area contributed by atoms with E-state index in [1.54, 1.807) is 0 Å². The molecule has 0 spiro atoms. The molecule has 1 aliphatic rings. The molecule has 2 nitrogen and oxygen atoms in total. The number of nitrogens with zero attached hydrogens (tertiary/aromatic N) is 2. The third-order valence-electron chi connectivity index (χ3n) is 2.59. The first-order valence-electron chi connectivity index (χ1n) is 4.32. The van der Waals surface area contributed by atoms with Gasteiger partial charge in [0.05, 0.1) is 6.04 Å². The number of likely N-dealkylation sites (tertiary alicyclic amines) is 1. The van der Waals surface area contributed by atoms with Gasteiger partial charge in [-0.3, -0.25) is 4.90 Å². The van der Waals surface area contributed by atoms with Crippen LogP contribution in [0.5, 0.6) is 0 Å². The van der Waals surface area contributed by atoms with Crippen molar-refractivity contribution in [3.05, 3.63) is 11.4 Å². The Hall–Kier alpha value is -0.550. The van der Waals surface area contributed by atoms with Crippen molar-refractivity contribution in [2.45, 2.75) is 38.3 Å². The van der Waals surface area contributed by atoms with Gasteiger partial charge in [-0.25, -0.2) is 6.57 Å². The largest absolute Gasteiger partial charge is 0.312 e. The molecule has 0 N–H and O–H groups in total. The van der Waals surface area contributed by atoms with E-state index >= 15 is 0 Å². The summed E-state index contributed by atoms with van der Waals surface area (Å²) in [5.74, 6) is 0. The van der Waals surface area contributed by atoms with Gasteiger partial charge < -0.3 is 4.85 Å². The van der Waals surface area contributed by atoms with E-state index in [1.165, 1.54) is 25.8 Å². The maximum Gasteiger partial charge on any atom is 0.236 e. The first-order valence-corrected chi connectivity index (χ1v) is 4.32. The molecule has 0 aromatic heterocycles. The van der Waals surface area contributed by atoms with E-state index in [0.29, 0.717) is 6.04 Å². The van der Waals surface area contributed by atoms with E-state index in [9.17, 15) is 0 Å². The van der Waals surface area contributed by atoms with Crippen LogP contribution < -0.4 is 0 Å². The molecule has 1 rings (SSSR count). The number of hydrogen-bond acceptors (Lipinski definition) is 1. The molecule has 0 amide bonds. The highest BCUT2D eigenvalue weighted by atomic mass is 15.2. The maximum absolute atomic E-state index is 6.93. The quantitative estimate of drug-likeness (QED) is 0.520. The molecule has 2 heteroatoms. The summed E-state index contributed by atoms with van der Waals surface area (Å²) in [4.78, 5) is 5.90. The zero-order chi connectivity index (χ0) is 8.27. The molecule has 1 fully saturated rings. The second-order valence-electron chi connectivity index (χ2n) is 3.41. The van der Waals surface area contributed by atoms with Crippen LogP contribution in [0.4, 0.5) is 0 Å². The number of hydrogen-bond donors (Lipinski definition) is 0. The SMILES string of the molecule is [C-]#[N+]C(C)C1CCCCN1C. The second kappa shape index (κ2) is 3.73. The van der Waals surface area contributed by atoms with Gasteiger partial charge in [0, 0.05) is 6.92 Å². The molecule has 11 heavy (non-hydrogen) atoms. The highest BCUT2D eigenvalue weighted by Crippen LogP contribution is 2.19. The molecule has 1 heterocycles. The summed E-state index contributed by atoms with van der Waals surface area (Å²) in [6, 6.07) is 0.696. The summed E-state index contributed by atoms with van der Waals surface area (Å²) in [5.41, 5.74) is 0. The minimum absolute atomic E-state index is 0.181. The van der Waals surface area contributed by atoms with Crippen LogP contribution in [0.25, 0.3) is 4.85 Å². The third kappa shape index (κ3) is 1.94. The average Bonchev–Trinajstić information content (AvgIpc) is 2.04. The lowest BCUT2D eigenvalue weighted by molar-refractivity contribution is 0.175. The molecule has 1 aliphatic heterocycles. The maximum atomic E-state index is 6.93. The molecule has 0 aromatic carbocycles. The van der Waals surface area contributed by atoms with Crippen molar-refractivity contribution in [2.75, 3.05) is 13.6 Å². The average molecular weight is 152 g/mol. The molecule has 1 saturated heterocycles. The van der Waals surface area contributed by atoms with Gasteiger partial charge in [0.25, 0.3) is 0 Å². The minimum Gasteiger partial charge on any atom is -0.312 e. The zero-order valence-electron chi connectivity index (χ0n) is 7.38. The standard InChI is InChI=1S/C9H16N2/c1-8(10-2)9-6-4-5-7-11(9)3/h8-9H,4-7H2,1,3H3. The van der Waals surface area contributed by atoms with Crippen molar-refractivity contribution >= 4 is 0 Å². The van der Waals surface area contributed by atoms with Gasteiger partial charge >= 0.3 is 0 Å². The van der Waals surface area contributed by atoms with Crippen LogP contribution in [0.1, 0.15) is 26.2 Å². The van der Waals surface area contributed by atoms with E-state index in [4.69, 9.17) is 6.57 Å². The lowest BCUT2D eigenvalue weighted by Gasteiger charge is -2.31. The van der Waals surface area contributed by atoms with Crippen molar-refractivity contribution in [1.82, 2.24) is 4.90 Å². The smallest absolute Gasteiger partial charge is 0.236 e. The van der Waals surface area contributed by atoms with E-state index in [2.05, 4.69) is 16.8 Å². The van der Waals surface area contributed by atoms with E-state index in [0.717, 1.165) is 0 Å². The van der Waals surface area contributed by atoms with Crippen LogP contribution in [0.2, 0.25) is 0 Å². The van der Waals surface area contributed by atoms with Crippen LogP contribution in [0, 0.1) is 6.57 Å². The molecule has 0 bridgehead atoms. The van der Waals surface area contributed by atoms with E-state index in [1.807, 2.05) is 6.92 Å². The highest BCUT2D eigenvalue weighted by molar-refractivity contribution is 4.89. The first-order chi connectivity index (χ1) is 5.25. The topological polar surface area (TPSA) is 7.60 Å². The predicted molar refractivity (Wildman–Crippen MR) is 46.3 cm³/mol. The molecule has 0 aliphatic carbocycles. The molecule has 0 aromatic rings. The van der Waals surface area contributed by atoms with Crippen molar-refractivity contribution in [3.8, 4) is 0 Å². The molecular formula is C9H16N2. The number of piperidine rings is 1. The fourth-order valence-electron chi connectivity index (χ4n) is 1.80. The predicted octanol–water partition coefficient (Wildman–Crippen LogP) is 1.78. The van der Waals surface area contributed by atoms with Crippen LogP contribution in [-0.2, 0) is 0 Å². The summed E-state index contributed by atoms with van der Waals surface area (Å²) in [7, 11) is 2.13. The summed E-state index contributed by atoms with van der Waals surface area (Å²) in [5, 5.41) is 0. The third-order valence-corrected chi connectivity index (χ3v) is 2.59. The van der Waals surface area contributed by atoms with Crippen LogP contribution in [0.3, 0.4) is 0 Å². The fourth-order valence-corrected chi connectivity index (χ4v) is 1.80. The Bertz CT molecular complexity index is 159. The molecule has 0 saturated carbocycles. The van der Waals surface area contributed by atoms with Gasteiger partial charge in [-0.2, -0.15) is 0 Å². The molecule has 2 atom stereocenters. The Kier molecular flexibility index (Phi) is 2.90. The lowest BCUT2D eigenvalue weighted by atomic mass is 9.98. The Morgan fingerprint density at radius 3 is 2.82 bits per heavy atom. The zero-order valence-corrected chi connectivity index (χ0v) is 7.38. The van der Waals surface area contributed by atoms with E-state index in [-0.39, 0.29) is 6.04 Å². The van der Waals surface area contributed by atoms with Gasteiger partial charge in [-0.05, 0) is 26.4 Å². The Morgan fingerprint density at radius 1 is 1.55 bits per heavy atom. The molecule has 2 unspecified atom stereocenters. The Balaban J connectivity index is 2.48. The molecule has 0 radical (unpaired) electrons. The van der Waals surface area contributed by atoms with Crippen LogP contribution in [-0.4, -0.2) is 30.6 Å². The van der Waals surface area contributed by atoms with Crippen molar-refractivity contribution in [2.24, 2.45) is 0 Å². The van der Waals surface area contributed by atoms with Gasteiger partial charge in [0.1, 0.15) is 0 Å². The summed E-state index contributed by atoms with van der Waals surface area (Å²) >= 11 is 0. The van der Waals surface area contributed by atoms with Crippen molar-refractivity contribution in [3.63, 3.8) is 0 Å². The summed E-state index contributed by atoms with van der Waals surface area (Å²) < 4.78 is 0. The Labute approximate surface area is 69.0 Å². The highest BCUT2D eigenvalue weighted by Gasteiger charge is 2.27.